The number of rotatable bonds is 3. The van der Waals surface area contributed by atoms with Gasteiger partial charge in [0.2, 0.25) is 10.0 Å². The summed E-state index contributed by atoms with van der Waals surface area (Å²) in [5.41, 5.74) is 0.670. The van der Waals surface area contributed by atoms with Crippen molar-refractivity contribution in [3.8, 4) is 0 Å². The second-order valence-corrected chi connectivity index (χ2v) is 5.61. The third-order valence-corrected chi connectivity index (χ3v) is 3.58. The highest BCUT2D eigenvalue weighted by molar-refractivity contribution is 7.89. The largest absolute Gasteiger partial charge is 0.273 e. The first-order valence-corrected chi connectivity index (χ1v) is 6.51. The minimum absolute atomic E-state index is 0.0631. The molecule has 1 rings (SSSR count). The van der Waals surface area contributed by atoms with Crippen LogP contribution in [0.5, 0.6) is 0 Å². The van der Waals surface area contributed by atoms with Gasteiger partial charge in [-0.3, -0.25) is 10.1 Å². The highest BCUT2D eigenvalue weighted by Crippen LogP contribution is 2.32. The van der Waals surface area contributed by atoms with E-state index in [0.29, 0.717) is 11.1 Å². The molecule has 0 amide bonds. The lowest BCUT2D eigenvalue weighted by molar-refractivity contribution is -0.385. The lowest BCUT2D eigenvalue weighted by atomic mass is 9.96. The van der Waals surface area contributed by atoms with Crippen molar-refractivity contribution < 1.29 is 13.3 Å². The van der Waals surface area contributed by atoms with Crippen LogP contribution in [0.25, 0.3) is 0 Å². The lowest BCUT2D eigenvalue weighted by Crippen LogP contribution is -2.15. The summed E-state index contributed by atoms with van der Waals surface area (Å²) in [6.45, 7) is 5.06. The Morgan fingerprint density at radius 3 is 2.24 bits per heavy atom. The van der Waals surface area contributed by atoms with E-state index in [1.807, 2.05) is 0 Å². The van der Waals surface area contributed by atoms with Crippen LogP contribution in [0.4, 0.5) is 5.69 Å². The quantitative estimate of drug-likeness (QED) is 0.657. The minimum atomic E-state index is -3.85. The van der Waals surface area contributed by atoms with Crippen molar-refractivity contribution in [3.63, 3.8) is 0 Å². The first kappa shape index (κ1) is 13.6. The van der Waals surface area contributed by atoms with Crippen LogP contribution in [-0.4, -0.2) is 13.3 Å². The Hall–Kier alpha value is -1.47. The molecule has 0 heterocycles. The van der Waals surface area contributed by atoms with Gasteiger partial charge < -0.3 is 0 Å². The molecule has 0 fully saturated rings. The van der Waals surface area contributed by atoms with Gasteiger partial charge in [-0.15, -0.1) is 0 Å². The van der Waals surface area contributed by atoms with Gasteiger partial charge in [-0.1, -0.05) is 13.8 Å². The third kappa shape index (κ3) is 2.62. The Labute approximate surface area is 99.6 Å². The van der Waals surface area contributed by atoms with Crippen molar-refractivity contribution in [1.29, 1.82) is 0 Å². The second-order valence-electron chi connectivity index (χ2n) is 4.08. The van der Waals surface area contributed by atoms with Gasteiger partial charge in [-0.25, -0.2) is 13.6 Å². The molecule has 0 spiro atoms. The summed E-state index contributed by atoms with van der Waals surface area (Å²) in [6, 6.07) is 2.36. The number of nitrogens with two attached hydrogens (primary N) is 1. The molecule has 0 saturated heterocycles. The van der Waals surface area contributed by atoms with Crippen LogP contribution in [0.2, 0.25) is 0 Å². The Balaban J connectivity index is 3.67. The Bertz CT molecular complexity index is 564. The van der Waals surface area contributed by atoms with E-state index < -0.39 is 14.9 Å². The standard InChI is InChI=1S/C10H14N2O4S/c1-6(2)10-7(3)9(17(11,15)16)5-4-8(10)12(13)14/h4-6H,1-3H3,(H2,11,15,16). The molecule has 1 aromatic carbocycles. The molecule has 0 aliphatic rings. The van der Waals surface area contributed by atoms with Gasteiger partial charge in [-0.05, 0) is 24.5 Å². The first-order valence-electron chi connectivity index (χ1n) is 4.97. The highest BCUT2D eigenvalue weighted by atomic mass is 32.2. The van der Waals surface area contributed by atoms with Crippen LogP contribution >= 0.6 is 0 Å². The number of nitro benzene ring substituents is 1. The average Bonchev–Trinajstić information content (AvgIpc) is 2.13. The van der Waals surface area contributed by atoms with Crippen LogP contribution in [0.15, 0.2) is 17.0 Å². The Morgan fingerprint density at radius 1 is 1.35 bits per heavy atom. The summed E-state index contributed by atoms with van der Waals surface area (Å²) in [5, 5.41) is 15.9. The molecule has 94 valence electrons. The van der Waals surface area contributed by atoms with E-state index in [0.717, 1.165) is 0 Å². The smallest absolute Gasteiger partial charge is 0.258 e. The zero-order chi connectivity index (χ0) is 13.4. The maximum atomic E-state index is 11.3. The molecule has 0 aromatic heterocycles. The Kier molecular flexibility index (Phi) is 3.53. The fourth-order valence-electron chi connectivity index (χ4n) is 1.89. The summed E-state index contributed by atoms with van der Waals surface area (Å²) in [6.07, 6.45) is 0. The molecule has 7 heteroatoms. The number of nitrogens with zero attached hydrogens (tertiary/aromatic N) is 1. The molecule has 2 N–H and O–H groups in total. The van der Waals surface area contributed by atoms with Crippen molar-refractivity contribution in [2.24, 2.45) is 5.14 Å². The maximum Gasteiger partial charge on any atom is 0.273 e. The van der Waals surface area contributed by atoms with E-state index in [1.165, 1.54) is 19.1 Å². The molecular formula is C10H14N2O4S. The number of hydrogen-bond acceptors (Lipinski definition) is 4. The van der Waals surface area contributed by atoms with Crippen LogP contribution in [0.1, 0.15) is 30.9 Å². The first-order chi connectivity index (χ1) is 7.66. The summed E-state index contributed by atoms with van der Waals surface area (Å²) >= 11 is 0. The zero-order valence-electron chi connectivity index (χ0n) is 9.80. The summed E-state index contributed by atoms with van der Waals surface area (Å²) in [4.78, 5) is 10.3. The molecule has 17 heavy (non-hydrogen) atoms. The highest BCUT2D eigenvalue weighted by Gasteiger charge is 2.24. The van der Waals surface area contributed by atoms with E-state index in [1.54, 1.807) is 13.8 Å². The van der Waals surface area contributed by atoms with E-state index >= 15 is 0 Å². The SMILES string of the molecule is Cc1c(S(N)(=O)=O)ccc([N+](=O)[O-])c1C(C)C. The van der Waals surface area contributed by atoms with Crippen LogP contribution < -0.4 is 5.14 Å². The predicted octanol–water partition coefficient (Wildman–Crippen LogP) is 1.67. The zero-order valence-corrected chi connectivity index (χ0v) is 10.6. The molecule has 0 aliphatic carbocycles. The summed E-state index contributed by atoms with van der Waals surface area (Å²) < 4.78 is 22.6. The van der Waals surface area contributed by atoms with Gasteiger partial charge in [0.1, 0.15) is 0 Å². The van der Waals surface area contributed by atoms with Gasteiger partial charge in [-0.2, -0.15) is 0 Å². The van der Waals surface area contributed by atoms with Gasteiger partial charge in [0, 0.05) is 11.6 Å². The topological polar surface area (TPSA) is 103 Å². The molecule has 1 aromatic rings. The number of primary sulfonamides is 1. The molecular weight excluding hydrogens is 244 g/mol. The maximum absolute atomic E-state index is 11.3. The van der Waals surface area contributed by atoms with Crippen LogP contribution in [0.3, 0.4) is 0 Å². The molecule has 0 unspecified atom stereocenters. The normalized spacial score (nSPS) is 11.8. The van der Waals surface area contributed by atoms with Crippen molar-refractivity contribution >= 4 is 15.7 Å². The molecule has 0 radical (unpaired) electrons. The van der Waals surface area contributed by atoms with Crippen molar-refractivity contribution in [2.45, 2.75) is 31.6 Å². The van der Waals surface area contributed by atoms with Crippen molar-refractivity contribution in [1.82, 2.24) is 0 Å². The van der Waals surface area contributed by atoms with Crippen molar-refractivity contribution in [3.05, 3.63) is 33.4 Å². The Morgan fingerprint density at radius 2 is 1.88 bits per heavy atom. The number of hydrogen-bond donors (Lipinski definition) is 1. The summed E-state index contributed by atoms with van der Waals surface area (Å²) in [5.74, 6) is -0.155. The van der Waals surface area contributed by atoms with E-state index in [-0.39, 0.29) is 16.5 Å². The van der Waals surface area contributed by atoms with E-state index in [4.69, 9.17) is 5.14 Å². The number of nitro groups is 1. The lowest BCUT2D eigenvalue weighted by Gasteiger charge is -2.13. The van der Waals surface area contributed by atoms with Crippen LogP contribution in [0, 0.1) is 17.0 Å². The van der Waals surface area contributed by atoms with Crippen molar-refractivity contribution in [2.75, 3.05) is 0 Å². The summed E-state index contributed by atoms with van der Waals surface area (Å²) in [7, 11) is -3.85. The fraction of sp³-hybridized carbons (Fsp3) is 0.400. The molecule has 0 aliphatic heterocycles. The molecule has 0 saturated carbocycles. The molecule has 0 atom stereocenters. The molecule has 0 bridgehead atoms. The number of sulfonamides is 1. The fourth-order valence-corrected chi connectivity index (χ4v) is 2.68. The second kappa shape index (κ2) is 4.42. The third-order valence-electron chi connectivity index (χ3n) is 2.52. The van der Waals surface area contributed by atoms with E-state index in [9.17, 15) is 18.5 Å². The minimum Gasteiger partial charge on any atom is -0.258 e. The van der Waals surface area contributed by atoms with Gasteiger partial charge in [0.05, 0.1) is 9.82 Å². The molecule has 6 nitrogen and oxygen atoms in total. The van der Waals surface area contributed by atoms with Crippen LogP contribution in [-0.2, 0) is 10.0 Å². The van der Waals surface area contributed by atoms with E-state index in [2.05, 4.69) is 0 Å². The van der Waals surface area contributed by atoms with Gasteiger partial charge in [0.25, 0.3) is 5.69 Å². The van der Waals surface area contributed by atoms with Gasteiger partial charge >= 0.3 is 0 Å². The monoisotopic (exact) mass is 258 g/mol. The average molecular weight is 258 g/mol. The van der Waals surface area contributed by atoms with Gasteiger partial charge in [0.15, 0.2) is 0 Å². The number of benzene rings is 1. The predicted molar refractivity (Wildman–Crippen MR) is 63.3 cm³/mol.